The third-order valence-electron chi connectivity index (χ3n) is 3.89. The molecule has 0 bridgehead atoms. The van der Waals surface area contributed by atoms with E-state index in [1.54, 1.807) is 0 Å². The summed E-state index contributed by atoms with van der Waals surface area (Å²) < 4.78 is 0. The topological polar surface area (TPSA) is 43.1 Å². The molecule has 0 spiro atoms. The van der Waals surface area contributed by atoms with Gasteiger partial charge in [-0.2, -0.15) is 0 Å². The van der Waals surface area contributed by atoms with Gasteiger partial charge in [-0.15, -0.1) is 0 Å². The molecule has 0 heterocycles. The van der Waals surface area contributed by atoms with Crippen molar-refractivity contribution in [1.29, 1.82) is 0 Å². The zero-order valence-electron chi connectivity index (χ0n) is 10.6. The van der Waals surface area contributed by atoms with Crippen molar-refractivity contribution in [3.05, 3.63) is 34.9 Å². The van der Waals surface area contributed by atoms with Crippen LogP contribution < -0.4 is 5.73 Å². The van der Waals surface area contributed by atoms with Gasteiger partial charge in [0, 0.05) is 17.4 Å². The highest BCUT2D eigenvalue weighted by Gasteiger charge is 2.29. The SMILES string of the molecule is NCC1CCCCC1C(=O)Cc1cccc(Cl)c1. The molecule has 1 aromatic rings. The summed E-state index contributed by atoms with van der Waals surface area (Å²) in [6.45, 7) is 0.631. The number of halogens is 1. The monoisotopic (exact) mass is 265 g/mol. The van der Waals surface area contributed by atoms with E-state index in [0.717, 1.165) is 24.8 Å². The van der Waals surface area contributed by atoms with Crippen molar-refractivity contribution in [2.75, 3.05) is 6.54 Å². The second-order valence-corrected chi connectivity index (χ2v) is 5.60. The van der Waals surface area contributed by atoms with Gasteiger partial charge in [0.05, 0.1) is 0 Å². The first kappa shape index (κ1) is 13.6. The number of carbonyl (C=O) groups excluding carboxylic acids is 1. The van der Waals surface area contributed by atoms with Crippen LogP contribution in [-0.4, -0.2) is 12.3 Å². The van der Waals surface area contributed by atoms with Gasteiger partial charge in [0.25, 0.3) is 0 Å². The Morgan fingerprint density at radius 3 is 2.83 bits per heavy atom. The summed E-state index contributed by atoms with van der Waals surface area (Å²) in [5.41, 5.74) is 6.78. The normalized spacial score (nSPS) is 23.9. The van der Waals surface area contributed by atoms with Crippen LogP contribution >= 0.6 is 11.6 Å². The van der Waals surface area contributed by atoms with Crippen molar-refractivity contribution >= 4 is 17.4 Å². The summed E-state index contributed by atoms with van der Waals surface area (Å²) in [7, 11) is 0. The standard InChI is InChI=1S/C15H20ClNO/c16-13-6-3-4-11(8-13)9-15(18)14-7-2-1-5-12(14)10-17/h3-4,6,8,12,14H,1-2,5,7,9-10,17H2. The maximum atomic E-state index is 12.3. The van der Waals surface area contributed by atoms with E-state index < -0.39 is 0 Å². The van der Waals surface area contributed by atoms with E-state index in [4.69, 9.17) is 17.3 Å². The Balaban J connectivity index is 2.02. The van der Waals surface area contributed by atoms with Gasteiger partial charge in [-0.3, -0.25) is 4.79 Å². The third kappa shape index (κ3) is 3.33. The van der Waals surface area contributed by atoms with Gasteiger partial charge in [-0.1, -0.05) is 36.6 Å². The number of carbonyl (C=O) groups is 1. The second kappa shape index (κ2) is 6.35. The molecule has 1 aliphatic carbocycles. The van der Waals surface area contributed by atoms with Crippen LogP contribution in [0.3, 0.4) is 0 Å². The van der Waals surface area contributed by atoms with E-state index in [2.05, 4.69) is 0 Å². The fourth-order valence-corrected chi connectivity index (χ4v) is 3.11. The Kier molecular flexibility index (Phi) is 4.79. The van der Waals surface area contributed by atoms with Gasteiger partial charge in [0.1, 0.15) is 5.78 Å². The predicted octanol–water partition coefficient (Wildman–Crippen LogP) is 3.22. The summed E-state index contributed by atoms with van der Waals surface area (Å²) in [4.78, 5) is 12.3. The quantitative estimate of drug-likeness (QED) is 0.908. The van der Waals surface area contributed by atoms with Gasteiger partial charge in [-0.05, 0) is 43.0 Å². The van der Waals surface area contributed by atoms with Crippen molar-refractivity contribution < 1.29 is 4.79 Å². The number of nitrogens with two attached hydrogens (primary N) is 1. The van der Waals surface area contributed by atoms with Crippen molar-refractivity contribution in [3.63, 3.8) is 0 Å². The summed E-state index contributed by atoms with van der Waals surface area (Å²) in [5, 5.41) is 0.694. The lowest BCUT2D eigenvalue weighted by atomic mass is 9.76. The Bertz CT molecular complexity index is 419. The molecule has 0 aliphatic heterocycles. The molecule has 0 amide bonds. The van der Waals surface area contributed by atoms with Crippen LogP contribution in [0.2, 0.25) is 5.02 Å². The van der Waals surface area contributed by atoms with E-state index in [9.17, 15) is 4.79 Å². The summed E-state index contributed by atoms with van der Waals surface area (Å²) in [6.07, 6.45) is 4.96. The minimum Gasteiger partial charge on any atom is -0.330 e. The average molecular weight is 266 g/mol. The van der Waals surface area contributed by atoms with E-state index in [0.29, 0.717) is 29.7 Å². The first-order valence-electron chi connectivity index (χ1n) is 6.68. The van der Waals surface area contributed by atoms with Crippen LogP contribution in [0.5, 0.6) is 0 Å². The van der Waals surface area contributed by atoms with Gasteiger partial charge in [0.15, 0.2) is 0 Å². The van der Waals surface area contributed by atoms with Crippen LogP contribution in [0.25, 0.3) is 0 Å². The smallest absolute Gasteiger partial charge is 0.140 e. The summed E-state index contributed by atoms with van der Waals surface area (Å²) >= 11 is 5.94. The van der Waals surface area contributed by atoms with E-state index >= 15 is 0 Å². The fourth-order valence-electron chi connectivity index (χ4n) is 2.89. The van der Waals surface area contributed by atoms with Crippen LogP contribution in [-0.2, 0) is 11.2 Å². The molecule has 3 heteroatoms. The minimum atomic E-state index is 0.155. The molecule has 98 valence electrons. The van der Waals surface area contributed by atoms with Gasteiger partial charge >= 0.3 is 0 Å². The number of ketones is 1. The highest BCUT2D eigenvalue weighted by Crippen LogP contribution is 2.30. The fraction of sp³-hybridized carbons (Fsp3) is 0.533. The third-order valence-corrected chi connectivity index (χ3v) is 4.13. The molecule has 1 saturated carbocycles. The molecule has 2 atom stereocenters. The molecule has 2 unspecified atom stereocenters. The highest BCUT2D eigenvalue weighted by molar-refractivity contribution is 6.30. The lowest BCUT2D eigenvalue weighted by Gasteiger charge is -2.29. The molecule has 0 saturated heterocycles. The molecule has 2 N–H and O–H groups in total. The van der Waals surface area contributed by atoms with Gasteiger partial charge in [0.2, 0.25) is 0 Å². The lowest BCUT2D eigenvalue weighted by molar-refractivity contribution is -0.124. The van der Waals surface area contributed by atoms with Gasteiger partial charge < -0.3 is 5.73 Å². The molecule has 1 fully saturated rings. The molecular formula is C15H20ClNO. The predicted molar refractivity (Wildman–Crippen MR) is 74.7 cm³/mol. The number of benzene rings is 1. The maximum absolute atomic E-state index is 12.3. The first-order chi connectivity index (χ1) is 8.70. The Labute approximate surface area is 114 Å². The largest absolute Gasteiger partial charge is 0.330 e. The van der Waals surface area contributed by atoms with Crippen molar-refractivity contribution in [2.24, 2.45) is 17.6 Å². The molecule has 18 heavy (non-hydrogen) atoms. The lowest BCUT2D eigenvalue weighted by Crippen LogP contribution is -2.33. The Hall–Kier alpha value is -0.860. The van der Waals surface area contributed by atoms with E-state index in [-0.39, 0.29) is 5.92 Å². The number of hydrogen-bond donors (Lipinski definition) is 1. The van der Waals surface area contributed by atoms with Crippen molar-refractivity contribution in [3.8, 4) is 0 Å². The molecule has 0 aromatic heterocycles. The van der Waals surface area contributed by atoms with Crippen LogP contribution in [0.1, 0.15) is 31.2 Å². The van der Waals surface area contributed by atoms with Crippen LogP contribution in [0, 0.1) is 11.8 Å². The zero-order chi connectivity index (χ0) is 13.0. The first-order valence-corrected chi connectivity index (χ1v) is 7.05. The molecule has 2 rings (SSSR count). The van der Waals surface area contributed by atoms with Gasteiger partial charge in [-0.25, -0.2) is 0 Å². The van der Waals surface area contributed by atoms with Crippen molar-refractivity contribution in [1.82, 2.24) is 0 Å². The number of rotatable bonds is 4. The molecular weight excluding hydrogens is 246 g/mol. The maximum Gasteiger partial charge on any atom is 0.140 e. The number of Topliss-reactive ketones (excluding diaryl/α,β-unsaturated/α-hetero) is 1. The summed E-state index contributed by atoms with van der Waals surface area (Å²) in [5.74, 6) is 0.862. The zero-order valence-corrected chi connectivity index (χ0v) is 11.3. The van der Waals surface area contributed by atoms with Crippen LogP contribution in [0.4, 0.5) is 0 Å². The Morgan fingerprint density at radius 2 is 2.11 bits per heavy atom. The minimum absolute atomic E-state index is 0.155. The van der Waals surface area contributed by atoms with Crippen molar-refractivity contribution in [2.45, 2.75) is 32.1 Å². The molecule has 0 radical (unpaired) electrons. The molecule has 1 aliphatic rings. The highest BCUT2D eigenvalue weighted by atomic mass is 35.5. The van der Waals surface area contributed by atoms with E-state index in [1.165, 1.54) is 6.42 Å². The second-order valence-electron chi connectivity index (χ2n) is 5.16. The Morgan fingerprint density at radius 1 is 1.33 bits per heavy atom. The van der Waals surface area contributed by atoms with E-state index in [1.807, 2.05) is 24.3 Å². The van der Waals surface area contributed by atoms with Crippen LogP contribution in [0.15, 0.2) is 24.3 Å². The average Bonchev–Trinajstić information content (AvgIpc) is 2.38. The molecule has 2 nitrogen and oxygen atoms in total. The molecule has 1 aromatic carbocycles. The summed E-state index contributed by atoms with van der Waals surface area (Å²) in [6, 6.07) is 7.56. The number of hydrogen-bond acceptors (Lipinski definition) is 2.